The van der Waals surface area contributed by atoms with Gasteiger partial charge in [0.15, 0.2) is 0 Å². The van der Waals surface area contributed by atoms with Gasteiger partial charge in [0.1, 0.15) is 12.2 Å². The molecule has 8 heteroatoms. The predicted molar refractivity (Wildman–Crippen MR) is 107 cm³/mol. The number of hydrogen-bond donors (Lipinski definition) is 0. The van der Waals surface area contributed by atoms with Gasteiger partial charge in [0.2, 0.25) is 0 Å². The number of rotatable bonds is 7. The van der Waals surface area contributed by atoms with Crippen LogP contribution in [0, 0.1) is 6.92 Å². The fourth-order valence-corrected chi connectivity index (χ4v) is 2.76. The molecule has 0 fully saturated rings. The molecule has 2 rings (SSSR count). The Hall–Kier alpha value is -3.29. The number of carbonyl (C=O) groups is 1. The number of carbonyl (C=O) groups excluding carboxylic acids is 1. The zero-order valence-electron chi connectivity index (χ0n) is 17.0. The number of nitrogens with zero attached hydrogens (tertiary/aromatic N) is 1. The van der Waals surface area contributed by atoms with Crippen LogP contribution in [0.4, 0.5) is 13.2 Å². The van der Waals surface area contributed by atoms with Gasteiger partial charge in [0.25, 0.3) is 0 Å². The van der Waals surface area contributed by atoms with E-state index < -0.39 is 17.7 Å². The first-order valence-corrected chi connectivity index (χ1v) is 8.93. The third-order valence-electron chi connectivity index (χ3n) is 4.36. The number of esters is 1. The lowest BCUT2D eigenvalue weighted by atomic mass is 9.97. The van der Waals surface area contributed by atoms with Crippen molar-refractivity contribution in [1.29, 1.82) is 0 Å². The molecule has 2 aromatic carbocycles. The van der Waals surface area contributed by atoms with Gasteiger partial charge in [0, 0.05) is 5.56 Å². The molecule has 0 spiro atoms. The number of methoxy groups -OCH3 is 2. The number of hydrogen-bond acceptors (Lipinski definition) is 5. The second-order valence-electron chi connectivity index (χ2n) is 6.39. The van der Waals surface area contributed by atoms with Crippen molar-refractivity contribution in [1.82, 2.24) is 0 Å². The Kier molecular flexibility index (Phi) is 7.63. The monoisotopic (exact) mass is 421 g/mol. The third-order valence-corrected chi connectivity index (χ3v) is 4.36. The zero-order valence-corrected chi connectivity index (χ0v) is 17.0. The molecule has 0 radical (unpaired) electrons. The number of ether oxygens (including phenoxy) is 2. The van der Waals surface area contributed by atoms with E-state index in [1.165, 1.54) is 32.6 Å². The highest BCUT2D eigenvalue weighted by Gasteiger charge is 2.30. The number of aryl methyl sites for hydroxylation is 1. The molecule has 0 amide bonds. The van der Waals surface area contributed by atoms with E-state index in [2.05, 4.69) is 5.16 Å². The van der Waals surface area contributed by atoms with Crippen LogP contribution in [0.15, 0.2) is 53.9 Å². The van der Waals surface area contributed by atoms with Crippen LogP contribution >= 0.6 is 0 Å². The van der Waals surface area contributed by atoms with Gasteiger partial charge in [-0.05, 0) is 42.7 Å². The average Bonchev–Trinajstić information content (AvgIpc) is 2.72. The van der Waals surface area contributed by atoms with Crippen molar-refractivity contribution in [3.8, 4) is 0 Å². The summed E-state index contributed by atoms with van der Waals surface area (Å²) in [5.74, 6) is -0.577. The summed E-state index contributed by atoms with van der Waals surface area (Å²) in [6, 6.07) is 10.2. The summed E-state index contributed by atoms with van der Waals surface area (Å²) < 4.78 is 48.5. The smallest absolute Gasteiger partial charge is 0.416 e. The predicted octanol–water partition coefficient (Wildman–Crippen LogP) is 5.11. The Morgan fingerprint density at radius 3 is 2.47 bits per heavy atom. The minimum absolute atomic E-state index is 0.00361. The van der Waals surface area contributed by atoms with Crippen LogP contribution in [0.3, 0.4) is 0 Å². The molecule has 0 heterocycles. The molecule has 0 aliphatic carbocycles. The van der Waals surface area contributed by atoms with Crippen molar-refractivity contribution >= 4 is 17.3 Å². The van der Waals surface area contributed by atoms with Gasteiger partial charge in [0.05, 0.1) is 31.8 Å². The van der Waals surface area contributed by atoms with Crippen molar-refractivity contribution in [2.24, 2.45) is 5.16 Å². The van der Waals surface area contributed by atoms with Crippen molar-refractivity contribution < 1.29 is 32.3 Å². The lowest BCUT2D eigenvalue weighted by Crippen LogP contribution is -2.09. The normalized spacial score (nSPS) is 12.5. The highest BCUT2D eigenvalue weighted by atomic mass is 19.4. The van der Waals surface area contributed by atoms with Gasteiger partial charge in [-0.2, -0.15) is 13.2 Å². The maximum atomic E-state index is 12.9. The van der Waals surface area contributed by atoms with Crippen LogP contribution in [0.2, 0.25) is 0 Å². The van der Waals surface area contributed by atoms with Gasteiger partial charge in [-0.3, -0.25) is 0 Å². The molecule has 0 saturated carbocycles. The Morgan fingerprint density at radius 1 is 1.13 bits per heavy atom. The SMILES string of the molecule is CO/C=C(/C(=O)OC)c1cccc(C)c1CO/N=C(\C)c1cccc(C(F)(F)F)c1. The molecule has 0 atom stereocenters. The molecule has 160 valence electrons. The van der Waals surface area contributed by atoms with E-state index in [0.717, 1.165) is 17.7 Å². The zero-order chi connectivity index (χ0) is 22.3. The summed E-state index contributed by atoms with van der Waals surface area (Å²) in [6.07, 6.45) is -3.16. The van der Waals surface area contributed by atoms with Crippen LogP contribution in [0.5, 0.6) is 0 Å². The van der Waals surface area contributed by atoms with Crippen molar-refractivity contribution in [2.75, 3.05) is 14.2 Å². The first-order valence-electron chi connectivity index (χ1n) is 8.93. The maximum Gasteiger partial charge on any atom is 0.416 e. The summed E-state index contributed by atoms with van der Waals surface area (Å²) in [5, 5.41) is 3.95. The van der Waals surface area contributed by atoms with Gasteiger partial charge >= 0.3 is 12.1 Å². The Bertz CT molecular complexity index is 965. The highest BCUT2D eigenvalue weighted by molar-refractivity contribution is 6.16. The number of oxime groups is 1. The second-order valence-corrected chi connectivity index (χ2v) is 6.39. The Morgan fingerprint density at radius 2 is 1.83 bits per heavy atom. The summed E-state index contributed by atoms with van der Waals surface area (Å²) in [4.78, 5) is 17.5. The Balaban J connectivity index is 2.28. The molecule has 0 aromatic heterocycles. The number of alkyl halides is 3. The first kappa shape index (κ1) is 23.0. The molecule has 30 heavy (non-hydrogen) atoms. The standard InChI is InChI=1S/C22H22F3NO4/c1-14-7-5-10-18(20(12-28-3)21(27)29-4)19(14)13-30-26-15(2)16-8-6-9-17(11-16)22(23,24)25/h5-12H,13H2,1-4H3/b20-12+,26-15+. The van der Waals surface area contributed by atoms with Gasteiger partial charge in [-0.15, -0.1) is 0 Å². The molecule has 0 N–H and O–H groups in total. The summed E-state index contributed by atoms with van der Waals surface area (Å²) in [5.41, 5.74) is 2.10. The topological polar surface area (TPSA) is 57.1 Å². The average molecular weight is 421 g/mol. The van der Waals surface area contributed by atoms with Gasteiger partial charge in [-0.1, -0.05) is 35.5 Å². The quantitative estimate of drug-likeness (QED) is 0.205. The van der Waals surface area contributed by atoms with Crippen LogP contribution in [-0.4, -0.2) is 25.9 Å². The third kappa shape index (κ3) is 5.62. The van der Waals surface area contributed by atoms with E-state index in [0.29, 0.717) is 16.7 Å². The molecule has 0 aliphatic heterocycles. The van der Waals surface area contributed by atoms with Crippen molar-refractivity contribution in [3.05, 3.63) is 76.5 Å². The van der Waals surface area contributed by atoms with Gasteiger partial charge < -0.3 is 14.3 Å². The number of halogens is 3. The van der Waals surface area contributed by atoms with Crippen LogP contribution < -0.4 is 0 Å². The van der Waals surface area contributed by atoms with E-state index in [1.54, 1.807) is 19.1 Å². The largest absolute Gasteiger partial charge is 0.503 e. The van der Waals surface area contributed by atoms with Crippen molar-refractivity contribution in [2.45, 2.75) is 26.6 Å². The molecule has 5 nitrogen and oxygen atoms in total. The van der Waals surface area contributed by atoms with Crippen LogP contribution in [0.25, 0.3) is 5.57 Å². The summed E-state index contributed by atoms with van der Waals surface area (Å²) in [6.45, 7) is 3.39. The van der Waals surface area contributed by atoms with E-state index in [9.17, 15) is 18.0 Å². The Labute approximate surface area is 172 Å². The fraction of sp³-hybridized carbons (Fsp3) is 0.273. The van der Waals surface area contributed by atoms with E-state index in [1.807, 2.05) is 13.0 Å². The molecular formula is C22H22F3NO4. The fourth-order valence-electron chi connectivity index (χ4n) is 2.76. The summed E-state index contributed by atoms with van der Waals surface area (Å²) in [7, 11) is 2.68. The number of benzene rings is 2. The minimum Gasteiger partial charge on any atom is -0.503 e. The molecule has 0 unspecified atom stereocenters. The van der Waals surface area contributed by atoms with E-state index in [-0.39, 0.29) is 17.9 Å². The first-order chi connectivity index (χ1) is 14.2. The van der Waals surface area contributed by atoms with Gasteiger partial charge in [-0.25, -0.2) is 4.79 Å². The lowest BCUT2D eigenvalue weighted by Gasteiger charge is -2.14. The highest BCUT2D eigenvalue weighted by Crippen LogP contribution is 2.30. The van der Waals surface area contributed by atoms with Crippen LogP contribution in [0.1, 0.15) is 34.7 Å². The maximum absolute atomic E-state index is 12.9. The summed E-state index contributed by atoms with van der Waals surface area (Å²) >= 11 is 0. The molecule has 0 saturated heterocycles. The molecular weight excluding hydrogens is 399 g/mol. The lowest BCUT2D eigenvalue weighted by molar-refractivity contribution is -0.137. The van der Waals surface area contributed by atoms with E-state index >= 15 is 0 Å². The minimum atomic E-state index is -4.44. The second kappa shape index (κ2) is 9.96. The molecule has 2 aromatic rings. The van der Waals surface area contributed by atoms with E-state index in [4.69, 9.17) is 14.3 Å². The molecule has 0 aliphatic rings. The van der Waals surface area contributed by atoms with Crippen LogP contribution in [-0.2, 0) is 31.9 Å². The molecule has 0 bridgehead atoms. The van der Waals surface area contributed by atoms with Crippen molar-refractivity contribution in [3.63, 3.8) is 0 Å².